The standard InChI is InChI=1S/C22H46O2/c1-17(2)21(23,18(3)4)15-13-11-9-10-12-14-16-22(24,19(5)6)20(7)8/h17-20,23-24H,9-16H2,1-8H3. The lowest BCUT2D eigenvalue weighted by atomic mass is 9.76. The molecule has 2 N–H and O–H groups in total. The van der Waals surface area contributed by atoms with E-state index in [1.807, 2.05) is 0 Å². The van der Waals surface area contributed by atoms with Crippen LogP contribution in [0.5, 0.6) is 0 Å². The molecule has 146 valence electrons. The Bertz CT molecular complexity index is 270. The van der Waals surface area contributed by atoms with Crippen LogP contribution in [-0.2, 0) is 0 Å². The van der Waals surface area contributed by atoms with E-state index in [2.05, 4.69) is 55.4 Å². The molecule has 0 saturated carbocycles. The van der Waals surface area contributed by atoms with Crippen LogP contribution < -0.4 is 0 Å². The second-order valence-corrected chi connectivity index (χ2v) is 9.22. The third-order valence-corrected chi connectivity index (χ3v) is 6.40. The van der Waals surface area contributed by atoms with E-state index in [1.165, 1.54) is 25.7 Å². The van der Waals surface area contributed by atoms with Gasteiger partial charge in [0.05, 0.1) is 11.2 Å². The van der Waals surface area contributed by atoms with Crippen molar-refractivity contribution in [3.8, 4) is 0 Å². The third kappa shape index (κ3) is 7.04. The summed E-state index contributed by atoms with van der Waals surface area (Å²) >= 11 is 0. The minimum Gasteiger partial charge on any atom is -0.389 e. The molecule has 0 amide bonds. The topological polar surface area (TPSA) is 40.5 Å². The highest BCUT2D eigenvalue weighted by molar-refractivity contribution is 4.85. The number of hydrogen-bond acceptors (Lipinski definition) is 2. The minimum atomic E-state index is -0.509. The van der Waals surface area contributed by atoms with E-state index in [4.69, 9.17) is 0 Å². The van der Waals surface area contributed by atoms with Crippen LogP contribution in [0, 0.1) is 23.7 Å². The molecule has 0 aromatic heterocycles. The normalized spacial score (nSPS) is 13.8. The van der Waals surface area contributed by atoms with Gasteiger partial charge in [-0.3, -0.25) is 0 Å². The molecular formula is C22H46O2. The Morgan fingerprint density at radius 2 is 0.667 bits per heavy atom. The predicted octanol–water partition coefficient (Wildman–Crippen LogP) is 6.19. The Morgan fingerprint density at radius 3 is 0.875 bits per heavy atom. The van der Waals surface area contributed by atoms with Gasteiger partial charge in [-0.25, -0.2) is 0 Å². The molecule has 0 aliphatic carbocycles. The number of hydrogen-bond donors (Lipinski definition) is 2. The molecule has 0 saturated heterocycles. The highest BCUT2D eigenvalue weighted by atomic mass is 16.3. The quantitative estimate of drug-likeness (QED) is 0.392. The SMILES string of the molecule is CC(C)C(O)(CCCCCCCCC(O)(C(C)C)C(C)C)C(C)C. The fraction of sp³-hybridized carbons (Fsp3) is 1.00. The zero-order valence-electron chi connectivity index (χ0n) is 17.9. The molecule has 0 rings (SSSR count). The molecular weight excluding hydrogens is 296 g/mol. The average Bonchev–Trinajstić information content (AvgIpc) is 2.48. The smallest absolute Gasteiger partial charge is 0.0693 e. The molecule has 0 aromatic carbocycles. The Morgan fingerprint density at radius 1 is 0.458 bits per heavy atom. The molecule has 0 fully saturated rings. The van der Waals surface area contributed by atoms with Gasteiger partial charge in [-0.05, 0) is 36.5 Å². The van der Waals surface area contributed by atoms with Crippen molar-refractivity contribution < 1.29 is 10.2 Å². The lowest BCUT2D eigenvalue weighted by Crippen LogP contribution is -2.40. The second kappa shape index (κ2) is 10.8. The van der Waals surface area contributed by atoms with Crippen molar-refractivity contribution >= 4 is 0 Å². The van der Waals surface area contributed by atoms with Gasteiger partial charge in [0.15, 0.2) is 0 Å². The zero-order chi connectivity index (χ0) is 19.0. The highest BCUT2D eigenvalue weighted by Gasteiger charge is 2.34. The molecule has 0 unspecified atom stereocenters. The summed E-state index contributed by atoms with van der Waals surface area (Å²) in [6.07, 6.45) is 8.98. The number of aliphatic hydroxyl groups is 2. The molecule has 0 aliphatic heterocycles. The van der Waals surface area contributed by atoms with Gasteiger partial charge < -0.3 is 10.2 Å². The first-order chi connectivity index (χ1) is 11.0. The van der Waals surface area contributed by atoms with Crippen molar-refractivity contribution in [2.24, 2.45) is 23.7 Å². The molecule has 0 heterocycles. The molecule has 24 heavy (non-hydrogen) atoms. The van der Waals surface area contributed by atoms with Gasteiger partial charge in [-0.1, -0.05) is 93.9 Å². The number of rotatable bonds is 13. The van der Waals surface area contributed by atoms with Gasteiger partial charge in [0.1, 0.15) is 0 Å². The summed E-state index contributed by atoms with van der Waals surface area (Å²) < 4.78 is 0. The van der Waals surface area contributed by atoms with E-state index < -0.39 is 11.2 Å². The van der Waals surface area contributed by atoms with Gasteiger partial charge in [0, 0.05) is 0 Å². The highest BCUT2D eigenvalue weighted by Crippen LogP contribution is 2.33. The minimum absolute atomic E-state index is 0.322. The summed E-state index contributed by atoms with van der Waals surface area (Å²) in [6, 6.07) is 0. The largest absolute Gasteiger partial charge is 0.389 e. The summed E-state index contributed by atoms with van der Waals surface area (Å²) in [6.45, 7) is 17.0. The molecule has 0 radical (unpaired) electrons. The van der Waals surface area contributed by atoms with Gasteiger partial charge in [-0.15, -0.1) is 0 Å². The van der Waals surface area contributed by atoms with Crippen LogP contribution in [0.25, 0.3) is 0 Å². The molecule has 0 spiro atoms. The van der Waals surface area contributed by atoms with Gasteiger partial charge in [0.2, 0.25) is 0 Å². The summed E-state index contributed by atoms with van der Waals surface area (Å²) in [7, 11) is 0. The molecule has 2 nitrogen and oxygen atoms in total. The second-order valence-electron chi connectivity index (χ2n) is 9.22. The van der Waals surface area contributed by atoms with Crippen LogP contribution in [0.3, 0.4) is 0 Å². The Hall–Kier alpha value is -0.0800. The van der Waals surface area contributed by atoms with Gasteiger partial charge in [-0.2, -0.15) is 0 Å². The van der Waals surface area contributed by atoms with Crippen molar-refractivity contribution in [3.63, 3.8) is 0 Å². The Labute approximate surface area is 152 Å². The predicted molar refractivity (Wildman–Crippen MR) is 106 cm³/mol. The van der Waals surface area contributed by atoms with Gasteiger partial charge >= 0.3 is 0 Å². The zero-order valence-corrected chi connectivity index (χ0v) is 17.9. The van der Waals surface area contributed by atoms with E-state index in [0.29, 0.717) is 23.7 Å². The summed E-state index contributed by atoms with van der Waals surface area (Å²) in [4.78, 5) is 0. The Kier molecular flexibility index (Phi) is 10.8. The first-order valence-electron chi connectivity index (χ1n) is 10.4. The van der Waals surface area contributed by atoms with E-state index in [-0.39, 0.29) is 0 Å². The van der Waals surface area contributed by atoms with Crippen LogP contribution in [0.4, 0.5) is 0 Å². The van der Waals surface area contributed by atoms with E-state index in [9.17, 15) is 10.2 Å². The van der Waals surface area contributed by atoms with E-state index in [1.54, 1.807) is 0 Å². The molecule has 0 aromatic rings. The third-order valence-electron chi connectivity index (χ3n) is 6.40. The summed E-state index contributed by atoms with van der Waals surface area (Å²) in [5.74, 6) is 1.29. The fourth-order valence-corrected chi connectivity index (χ4v) is 4.01. The van der Waals surface area contributed by atoms with Crippen molar-refractivity contribution in [2.45, 2.75) is 118 Å². The number of unbranched alkanes of at least 4 members (excludes halogenated alkanes) is 5. The summed E-state index contributed by atoms with van der Waals surface area (Å²) in [5, 5.41) is 21.5. The van der Waals surface area contributed by atoms with Crippen molar-refractivity contribution in [3.05, 3.63) is 0 Å². The fourth-order valence-electron chi connectivity index (χ4n) is 4.01. The lowest BCUT2D eigenvalue weighted by Gasteiger charge is -2.36. The lowest BCUT2D eigenvalue weighted by molar-refractivity contribution is -0.0563. The van der Waals surface area contributed by atoms with E-state index in [0.717, 1.165) is 25.7 Å². The monoisotopic (exact) mass is 342 g/mol. The maximum absolute atomic E-state index is 10.8. The first kappa shape index (κ1) is 23.9. The van der Waals surface area contributed by atoms with Crippen LogP contribution in [0.15, 0.2) is 0 Å². The molecule has 2 heteroatoms. The van der Waals surface area contributed by atoms with Crippen molar-refractivity contribution in [1.82, 2.24) is 0 Å². The van der Waals surface area contributed by atoms with Crippen LogP contribution >= 0.6 is 0 Å². The van der Waals surface area contributed by atoms with Crippen LogP contribution in [-0.4, -0.2) is 21.4 Å². The van der Waals surface area contributed by atoms with E-state index >= 15 is 0 Å². The maximum atomic E-state index is 10.8. The Balaban J connectivity index is 3.93. The summed E-state index contributed by atoms with van der Waals surface area (Å²) in [5.41, 5.74) is -1.02. The average molecular weight is 343 g/mol. The molecule has 0 aliphatic rings. The van der Waals surface area contributed by atoms with Crippen LogP contribution in [0.1, 0.15) is 107 Å². The maximum Gasteiger partial charge on any atom is 0.0693 e. The van der Waals surface area contributed by atoms with Crippen molar-refractivity contribution in [2.75, 3.05) is 0 Å². The van der Waals surface area contributed by atoms with Gasteiger partial charge in [0.25, 0.3) is 0 Å². The van der Waals surface area contributed by atoms with Crippen LogP contribution in [0.2, 0.25) is 0 Å². The molecule has 0 atom stereocenters. The first-order valence-corrected chi connectivity index (χ1v) is 10.4. The van der Waals surface area contributed by atoms with Crippen molar-refractivity contribution in [1.29, 1.82) is 0 Å². The molecule has 0 bridgehead atoms.